The van der Waals surface area contributed by atoms with Crippen LogP contribution in [0, 0.1) is 0 Å². The topological polar surface area (TPSA) is 94.6 Å². The van der Waals surface area contributed by atoms with Gasteiger partial charge in [-0.15, -0.1) is 11.3 Å². The van der Waals surface area contributed by atoms with Gasteiger partial charge in [-0.25, -0.2) is 9.78 Å². The van der Waals surface area contributed by atoms with Crippen molar-refractivity contribution in [3.63, 3.8) is 0 Å². The van der Waals surface area contributed by atoms with E-state index in [9.17, 15) is 14.4 Å². The van der Waals surface area contributed by atoms with Gasteiger partial charge in [0, 0.05) is 19.4 Å². The lowest BCUT2D eigenvalue weighted by Crippen LogP contribution is -2.30. The van der Waals surface area contributed by atoms with Crippen LogP contribution in [0.3, 0.4) is 0 Å². The van der Waals surface area contributed by atoms with Crippen molar-refractivity contribution in [2.24, 2.45) is 0 Å². The Balaban J connectivity index is 1.51. The molecular weight excluding hydrogens is 416 g/mol. The molecule has 0 aliphatic heterocycles. The molecule has 3 rings (SSSR count). The highest BCUT2D eigenvalue weighted by Crippen LogP contribution is 2.24. The lowest BCUT2D eigenvalue weighted by Gasteiger charge is -2.09. The summed E-state index contributed by atoms with van der Waals surface area (Å²) in [4.78, 5) is 40.3. The molecule has 0 unspecified atom stereocenters. The third-order valence-electron chi connectivity index (χ3n) is 4.44. The maximum absolute atomic E-state index is 12.5. The van der Waals surface area contributed by atoms with Crippen LogP contribution in [0.4, 0.5) is 0 Å². The van der Waals surface area contributed by atoms with Gasteiger partial charge in [-0.3, -0.25) is 9.59 Å². The maximum atomic E-state index is 12.5. The lowest BCUT2D eigenvalue weighted by molar-refractivity contribution is -0.143. The highest BCUT2D eigenvalue weighted by molar-refractivity contribution is 7.18. The Kier molecular flexibility index (Phi) is 8.12. The zero-order valence-corrected chi connectivity index (χ0v) is 18.1. The molecule has 162 valence electrons. The van der Waals surface area contributed by atoms with Crippen LogP contribution in [0.25, 0.3) is 10.2 Å². The summed E-state index contributed by atoms with van der Waals surface area (Å²) in [7, 11) is 0. The first-order valence-electron chi connectivity index (χ1n) is 10.1. The van der Waals surface area contributed by atoms with Crippen LogP contribution in [0.5, 0.6) is 0 Å². The van der Waals surface area contributed by atoms with E-state index < -0.39 is 11.9 Å². The summed E-state index contributed by atoms with van der Waals surface area (Å²) in [5.41, 5.74) is 2.14. The Hall–Kier alpha value is -3.26. The largest absolute Gasteiger partial charge is 0.466 e. The van der Waals surface area contributed by atoms with E-state index in [0.29, 0.717) is 31.6 Å². The fourth-order valence-corrected chi connectivity index (χ4v) is 3.98. The van der Waals surface area contributed by atoms with Gasteiger partial charge in [0.1, 0.15) is 0 Å². The van der Waals surface area contributed by atoms with E-state index in [1.807, 2.05) is 36.4 Å². The van der Waals surface area contributed by atoms with Crippen LogP contribution in [0.2, 0.25) is 0 Å². The Labute approximate surface area is 184 Å². The van der Waals surface area contributed by atoms with Gasteiger partial charge in [-0.2, -0.15) is 0 Å². The molecule has 3 aromatic rings. The van der Waals surface area contributed by atoms with Crippen molar-refractivity contribution in [3.8, 4) is 0 Å². The molecule has 0 saturated heterocycles. The van der Waals surface area contributed by atoms with Crippen molar-refractivity contribution in [2.45, 2.75) is 26.2 Å². The molecule has 7 nitrogen and oxygen atoms in total. The van der Waals surface area contributed by atoms with Gasteiger partial charge in [0.25, 0.3) is 5.91 Å². The molecule has 0 aliphatic rings. The summed E-state index contributed by atoms with van der Waals surface area (Å²) in [6, 6.07) is 15.0. The molecule has 0 saturated carbocycles. The molecule has 1 amide bonds. The fourth-order valence-electron chi connectivity index (χ4n) is 2.99. The fraction of sp³-hybridized carbons (Fsp3) is 0.304. The van der Waals surface area contributed by atoms with Gasteiger partial charge < -0.3 is 14.8 Å². The molecule has 0 aliphatic carbocycles. The first-order valence-corrected chi connectivity index (χ1v) is 10.9. The van der Waals surface area contributed by atoms with Crippen molar-refractivity contribution in [1.29, 1.82) is 0 Å². The normalized spacial score (nSPS) is 10.6. The number of rotatable bonds is 10. The molecule has 1 aromatic heterocycles. The van der Waals surface area contributed by atoms with E-state index in [0.717, 1.165) is 20.8 Å². The van der Waals surface area contributed by atoms with Crippen LogP contribution in [0.15, 0.2) is 48.5 Å². The van der Waals surface area contributed by atoms with E-state index >= 15 is 0 Å². The summed E-state index contributed by atoms with van der Waals surface area (Å²) in [6.45, 7) is 2.00. The van der Waals surface area contributed by atoms with Crippen molar-refractivity contribution in [2.75, 3.05) is 19.8 Å². The number of benzene rings is 2. The van der Waals surface area contributed by atoms with Gasteiger partial charge in [0.15, 0.2) is 6.61 Å². The summed E-state index contributed by atoms with van der Waals surface area (Å²) >= 11 is 1.59. The van der Waals surface area contributed by atoms with Gasteiger partial charge in [-0.1, -0.05) is 30.3 Å². The summed E-state index contributed by atoms with van der Waals surface area (Å²) in [6.07, 6.45) is 1.20. The number of ether oxygens (including phenoxy) is 2. The SMILES string of the molecule is CCOC(=O)CCCNC(=O)COC(=O)c1ccccc1Cc1nc2ccccc2s1. The maximum Gasteiger partial charge on any atom is 0.338 e. The van der Waals surface area contributed by atoms with Gasteiger partial charge in [0.2, 0.25) is 0 Å². The number of nitrogens with zero attached hydrogens (tertiary/aromatic N) is 1. The van der Waals surface area contributed by atoms with E-state index in [-0.39, 0.29) is 19.0 Å². The Bertz CT molecular complexity index is 1030. The van der Waals surface area contributed by atoms with Crippen molar-refractivity contribution in [3.05, 3.63) is 64.7 Å². The van der Waals surface area contributed by atoms with Crippen molar-refractivity contribution in [1.82, 2.24) is 10.3 Å². The molecule has 31 heavy (non-hydrogen) atoms. The average Bonchev–Trinajstić information content (AvgIpc) is 3.18. The smallest absolute Gasteiger partial charge is 0.338 e. The monoisotopic (exact) mass is 440 g/mol. The average molecular weight is 441 g/mol. The Morgan fingerprint density at radius 2 is 1.81 bits per heavy atom. The minimum absolute atomic E-state index is 0.229. The van der Waals surface area contributed by atoms with Crippen LogP contribution in [-0.2, 0) is 25.5 Å². The number of hydrogen-bond donors (Lipinski definition) is 1. The highest BCUT2D eigenvalue weighted by atomic mass is 32.1. The Morgan fingerprint density at radius 1 is 1.03 bits per heavy atom. The summed E-state index contributed by atoms with van der Waals surface area (Å²) in [5.74, 6) is -1.27. The molecule has 1 heterocycles. The molecule has 0 radical (unpaired) electrons. The van der Waals surface area contributed by atoms with E-state index in [4.69, 9.17) is 9.47 Å². The van der Waals surface area contributed by atoms with Crippen molar-refractivity contribution >= 4 is 39.4 Å². The zero-order chi connectivity index (χ0) is 22.1. The number of nitrogens with one attached hydrogen (secondary N) is 1. The quantitative estimate of drug-likeness (QED) is 0.383. The minimum atomic E-state index is -0.557. The molecule has 0 fully saturated rings. The molecule has 0 atom stereocenters. The van der Waals surface area contributed by atoms with Crippen LogP contribution >= 0.6 is 11.3 Å². The molecule has 0 spiro atoms. The van der Waals surface area contributed by atoms with Crippen LogP contribution in [0.1, 0.15) is 40.7 Å². The summed E-state index contributed by atoms with van der Waals surface area (Å²) in [5, 5.41) is 3.53. The highest BCUT2D eigenvalue weighted by Gasteiger charge is 2.16. The number of esters is 2. The van der Waals surface area contributed by atoms with Crippen LogP contribution < -0.4 is 5.32 Å². The van der Waals surface area contributed by atoms with Gasteiger partial charge in [0.05, 0.1) is 27.4 Å². The predicted octanol–water partition coefficient (Wildman–Crippen LogP) is 3.50. The first-order chi connectivity index (χ1) is 15.1. The summed E-state index contributed by atoms with van der Waals surface area (Å²) < 4.78 is 11.1. The first kappa shape index (κ1) is 22.4. The standard InChI is InChI=1S/C23H24N2O5S/c1-2-29-22(27)12-7-13-24-20(26)15-30-23(28)17-9-4-3-8-16(17)14-21-25-18-10-5-6-11-19(18)31-21/h3-6,8-11H,2,7,12-15H2,1H3,(H,24,26). The zero-order valence-electron chi connectivity index (χ0n) is 17.3. The van der Waals surface area contributed by atoms with Crippen LogP contribution in [-0.4, -0.2) is 42.6 Å². The van der Waals surface area contributed by atoms with Gasteiger partial charge >= 0.3 is 11.9 Å². The number of hydrogen-bond acceptors (Lipinski definition) is 7. The lowest BCUT2D eigenvalue weighted by atomic mass is 10.1. The molecular formula is C23H24N2O5S. The predicted molar refractivity (Wildman–Crippen MR) is 118 cm³/mol. The van der Waals surface area contributed by atoms with Crippen molar-refractivity contribution < 1.29 is 23.9 Å². The number of amides is 1. The number of thiazole rings is 1. The number of para-hydroxylation sites is 1. The second-order valence-electron chi connectivity index (χ2n) is 6.74. The number of fused-ring (bicyclic) bond motifs is 1. The molecule has 1 N–H and O–H groups in total. The minimum Gasteiger partial charge on any atom is -0.466 e. The number of carbonyl (C=O) groups excluding carboxylic acids is 3. The third-order valence-corrected chi connectivity index (χ3v) is 5.47. The second kappa shape index (κ2) is 11.2. The van der Waals surface area contributed by atoms with E-state index in [2.05, 4.69) is 10.3 Å². The molecule has 0 bridgehead atoms. The Morgan fingerprint density at radius 3 is 2.61 bits per heavy atom. The molecule has 2 aromatic carbocycles. The number of carbonyl (C=O) groups is 3. The van der Waals surface area contributed by atoms with E-state index in [1.54, 1.807) is 30.4 Å². The van der Waals surface area contributed by atoms with E-state index in [1.165, 1.54) is 0 Å². The third kappa shape index (κ3) is 6.62. The second-order valence-corrected chi connectivity index (χ2v) is 7.86. The van der Waals surface area contributed by atoms with Gasteiger partial charge in [-0.05, 0) is 37.1 Å². The molecule has 8 heteroatoms. The number of aromatic nitrogens is 1.